The molecule has 0 saturated carbocycles. The molecule has 2 nitrogen and oxygen atoms in total. The number of halogens is 4. The topological polar surface area (TPSA) is 26.3 Å². The van der Waals surface area contributed by atoms with Crippen molar-refractivity contribution in [3.8, 4) is 5.75 Å². The molecule has 0 bridgehead atoms. The minimum atomic E-state index is -1.73. The molecule has 1 rings (SSSR count). The summed E-state index contributed by atoms with van der Waals surface area (Å²) in [7, 11) is 2.94. The van der Waals surface area contributed by atoms with Gasteiger partial charge < -0.3 is 4.74 Å². The van der Waals surface area contributed by atoms with Gasteiger partial charge in [-0.2, -0.15) is 8.78 Å². The average Bonchev–Trinajstić information content (AvgIpc) is 2.39. The van der Waals surface area contributed by atoms with E-state index in [9.17, 15) is 22.4 Å². The van der Waals surface area contributed by atoms with Gasteiger partial charge in [0.1, 0.15) is 0 Å². The maximum atomic E-state index is 13.4. The molecule has 0 aromatic heterocycles. The first-order chi connectivity index (χ1) is 10.0. The fourth-order valence-electron chi connectivity index (χ4n) is 1.22. The van der Waals surface area contributed by atoms with Gasteiger partial charge in [0, 0.05) is 16.6 Å². The summed E-state index contributed by atoms with van der Waals surface area (Å²) < 4.78 is 57.3. The summed E-state index contributed by atoms with van der Waals surface area (Å²) in [6.45, 7) is 7.49. The number of carbonyl (C=O) groups excluding carboxylic acids is 1. The van der Waals surface area contributed by atoms with Gasteiger partial charge in [-0.3, -0.25) is 4.79 Å². The normalized spacial score (nSPS) is 13.1. The highest BCUT2D eigenvalue weighted by Crippen LogP contribution is 2.36. The molecular formula is C14H16F4O2S2. The van der Waals surface area contributed by atoms with Crippen molar-refractivity contribution in [3.05, 3.63) is 29.3 Å². The van der Waals surface area contributed by atoms with Crippen LogP contribution in [0.1, 0.15) is 27.7 Å². The van der Waals surface area contributed by atoms with Crippen LogP contribution in [0.5, 0.6) is 5.75 Å². The molecule has 0 radical (unpaired) electrons. The zero-order valence-electron chi connectivity index (χ0n) is 12.5. The Balaban J connectivity index is 2.73. The van der Waals surface area contributed by atoms with Crippen LogP contribution < -0.4 is 4.74 Å². The van der Waals surface area contributed by atoms with E-state index < -0.39 is 40.9 Å². The number of ether oxygens (including phenoxy) is 1. The molecule has 124 valence electrons. The third-order valence-corrected chi connectivity index (χ3v) is 5.82. The molecule has 0 N–H and O–H groups in total. The van der Waals surface area contributed by atoms with E-state index in [1.807, 2.05) is 20.8 Å². The molecule has 0 amide bonds. The van der Waals surface area contributed by atoms with Crippen LogP contribution in [-0.2, 0) is 4.79 Å². The van der Waals surface area contributed by atoms with E-state index in [1.54, 1.807) is 0 Å². The lowest BCUT2D eigenvalue weighted by Crippen LogP contribution is -2.21. The highest BCUT2D eigenvalue weighted by Gasteiger charge is 2.25. The van der Waals surface area contributed by atoms with Crippen LogP contribution in [0.25, 0.3) is 0 Å². The molecule has 0 fully saturated rings. The third-order valence-electron chi connectivity index (χ3n) is 2.30. The lowest BCUT2D eigenvalue weighted by molar-refractivity contribution is -0.138. The monoisotopic (exact) mass is 356 g/mol. The largest absolute Gasteiger partial charge is 0.420 e. The van der Waals surface area contributed by atoms with E-state index in [1.165, 1.54) is 28.5 Å². The van der Waals surface area contributed by atoms with E-state index >= 15 is 0 Å². The molecule has 0 spiro atoms. The van der Waals surface area contributed by atoms with Gasteiger partial charge >= 0.3 is 5.97 Å². The number of hydrogen-bond donors (Lipinski definition) is 0. The molecular weight excluding hydrogens is 340 g/mol. The van der Waals surface area contributed by atoms with Crippen LogP contribution in [0.2, 0.25) is 0 Å². The molecule has 0 aliphatic rings. The summed E-state index contributed by atoms with van der Waals surface area (Å²) in [5, 5.41) is 0. The maximum absolute atomic E-state index is 13.4. The molecule has 1 atom stereocenters. The van der Waals surface area contributed by atoms with Crippen molar-refractivity contribution in [1.82, 2.24) is 0 Å². The zero-order valence-corrected chi connectivity index (χ0v) is 14.1. The summed E-state index contributed by atoms with van der Waals surface area (Å²) in [4.78, 5) is 11.8. The first-order valence-electron chi connectivity index (χ1n) is 6.38. The number of hydrogen-bond acceptors (Lipinski definition) is 4. The van der Waals surface area contributed by atoms with E-state index in [2.05, 4.69) is 4.74 Å². The van der Waals surface area contributed by atoms with Crippen LogP contribution in [0, 0.1) is 29.2 Å². The summed E-state index contributed by atoms with van der Waals surface area (Å²) in [5.74, 6) is -9.34. The molecule has 1 aromatic carbocycles. The van der Waals surface area contributed by atoms with Crippen LogP contribution >= 0.6 is 21.6 Å². The van der Waals surface area contributed by atoms with Crippen LogP contribution in [0.3, 0.4) is 0 Å². The van der Waals surface area contributed by atoms with Gasteiger partial charge in [-0.15, -0.1) is 0 Å². The minimum absolute atomic E-state index is 0.0157. The van der Waals surface area contributed by atoms with Crippen molar-refractivity contribution in [3.63, 3.8) is 0 Å². The molecule has 22 heavy (non-hydrogen) atoms. The lowest BCUT2D eigenvalue weighted by Gasteiger charge is -2.18. The van der Waals surface area contributed by atoms with Gasteiger partial charge in [-0.05, 0) is 0 Å². The molecule has 8 heteroatoms. The first-order valence-corrected chi connectivity index (χ1v) is 8.70. The molecule has 0 unspecified atom stereocenters. The summed E-state index contributed by atoms with van der Waals surface area (Å²) in [5.41, 5.74) is 0. The van der Waals surface area contributed by atoms with Crippen molar-refractivity contribution in [2.45, 2.75) is 32.4 Å². The van der Waals surface area contributed by atoms with Crippen LogP contribution in [0.4, 0.5) is 17.6 Å². The standard InChI is InChI=1S/C14H16F4O2S2/c1-7(6-21-22-14(2,3)4)13(19)20-12-10(17)8(15)5-9(16)11(12)18/h5,7H,6H2,1-4H3/t7-/m0/s1. The summed E-state index contributed by atoms with van der Waals surface area (Å²) in [6, 6.07) is 0.0568. The number of rotatable bonds is 5. The Kier molecular flexibility index (Phi) is 6.61. The molecule has 0 aliphatic carbocycles. The molecule has 0 heterocycles. The van der Waals surface area contributed by atoms with Crippen molar-refractivity contribution in [2.24, 2.45) is 5.92 Å². The summed E-state index contributed by atoms with van der Waals surface area (Å²) in [6.07, 6.45) is 0. The number of benzene rings is 1. The summed E-state index contributed by atoms with van der Waals surface area (Å²) >= 11 is 0. The van der Waals surface area contributed by atoms with Gasteiger partial charge in [0.25, 0.3) is 0 Å². The van der Waals surface area contributed by atoms with Gasteiger partial charge in [-0.1, -0.05) is 49.3 Å². The van der Waals surface area contributed by atoms with E-state index in [0.717, 1.165) is 0 Å². The van der Waals surface area contributed by atoms with E-state index in [0.29, 0.717) is 5.75 Å². The quantitative estimate of drug-likeness (QED) is 0.245. The number of esters is 1. The Morgan fingerprint density at radius 2 is 1.68 bits per heavy atom. The second kappa shape index (κ2) is 7.59. The van der Waals surface area contributed by atoms with E-state index in [-0.39, 0.29) is 10.8 Å². The highest BCUT2D eigenvalue weighted by molar-refractivity contribution is 8.77. The average molecular weight is 356 g/mol. The molecule has 1 aromatic rings. The minimum Gasteiger partial charge on any atom is -0.420 e. The molecule has 0 aliphatic heterocycles. The lowest BCUT2D eigenvalue weighted by atomic mass is 10.2. The Labute approximate surface area is 134 Å². The van der Waals surface area contributed by atoms with Crippen LogP contribution in [-0.4, -0.2) is 16.5 Å². The Hall–Kier alpha value is -0.890. The van der Waals surface area contributed by atoms with Crippen molar-refractivity contribution in [2.75, 3.05) is 5.75 Å². The second-order valence-corrected chi connectivity index (χ2v) is 8.77. The third kappa shape index (κ3) is 5.39. The van der Waals surface area contributed by atoms with Crippen LogP contribution in [0.15, 0.2) is 6.07 Å². The van der Waals surface area contributed by atoms with Gasteiger partial charge in [0.15, 0.2) is 11.6 Å². The van der Waals surface area contributed by atoms with Crippen molar-refractivity contribution >= 4 is 27.6 Å². The number of carbonyl (C=O) groups is 1. The van der Waals surface area contributed by atoms with Crippen molar-refractivity contribution < 1.29 is 27.1 Å². The van der Waals surface area contributed by atoms with Gasteiger partial charge in [0.05, 0.1) is 5.92 Å². The smallest absolute Gasteiger partial charge is 0.315 e. The fourth-order valence-corrected chi connectivity index (χ4v) is 3.86. The first kappa shape index (κ1) is 19.2. The Bertz CT molecular complexity index is 533. The predicted molar refractivity (Wildman–Crippen MR) is 80.9 cm³/mol. The Morgan fingerprint density at radius 1 is 1.18 bits per heavy atom. The predicted octanol–water partition coefficient (Wildman–Crippen LogP) is 4.96. The van der Waals surface area contributed by atoms with Crippen molar-refractivity contribution in [1.29, 1.82) is 0 Å². The second-order valence-electron chi connectivity index (χ2n) is 5.60. The fraction of sp³-hybridized carbons (Fsp3) is 0.500. The highest BCUT2D eigenvalue weighted by atomic mass is 33.1. The van der Waals surface area contributed by atoms with Gasteiger partial charge in [-0.25, -0.2) is 8.78 Å². The van der Waals surface area contributed by atoms with Gasteiger partial charge in [0.2, 0.25) is 17.4 Å². The molecule has 0 saturated heterocycles. The maximum Gasteiger partial charge on any atom is 0.315 e. The van der Waals surface area contributed by atoms with E-state index in [4.69, 9.17) is 0 Å². The Morgan fingerprint density at radius 3 is 2.14 bits per heavy atom. The SMILES string of the molecule is C[C@@H](CSSC(C)(C)C)C(=O)Oc1c(F)c(F)cc(F)c1F. The zero-order chi connectivity index (χ0) is 17.1.